The molecule has 3 nitrogen and oxygen atoms in total. The van der Waals surface area contributed by atoms with Crippen molar-refractivity contribution in [2.45, 2.75) is 32.1 Å². The summed E-state index contributed by atoms with van der Waals surface area (Å²) in [5.74, 6) is 0.749. The molecule has 1 aliphatic rings. The van der Waals surface area contributed by atoms with E-state index < -0.39 is 0 Å². The summed E-state index contributed by atoms with van der Waals surface area (Å²) in [6.07, 6.45) is 4.68. The fourth-order valence-electron chi connectivity index (χ4n) is 2.73. The highest BCUT2D eigenvalue weighted by Crippen LogP contribution is 2.28. The first-order valence-corrected chi connectivity index (χ1v) is 7.22. The molecule has 0 unspecified atom stereocenters. The van der Waals surface area contributed by atoms with Crippen LogP contribution in [0.15, 0.2) is 30.3 Å². The highest BCUT2D eigenvalue weighted by Gasteiger charge is 2.25. The molecule has 0 aromatic heterocycles. The van der Waals surface area contributed by atoms with E-state index in [0.29, 0.717) is 12.5 Å². The first kappa shape index (κ1) is 14.1. The molecule has 1 aromatic carbocycles. The number of aliphatic hydroxyl groups excluding tert-OH is 1. The van der Waals surface area contributed by atoms with Crippen molar-refractivity contribution in [1.29, 1.82) is 0 Å². The SMILES string of the molecule is O=C(NCCc1ccccc1)C1CCC(CO)CC1. The summed E-state index contributed by atoms with van der Waals surface area (Å²) in [7, 11) is 0. The molecule has 2 rings (SSSR count). The largest absolute Gasteiger partial charge is 0.396 e. The van der Waals surface area contributed by atoms with E-state index in [4.69, 9.17) is 5.11 Å². The highest BCUT2D eigenvalue weighted by molar-refractivity contribution is 5.78. The molecule has 1 saturated carbocycles. The van der Waals surface area contributed by atoms with Crippen molar-refractivity contribution in [1.82, 2.24) is 5.32 Å². The molecule has 1 amide bonds. The van der Waals surface area contributed by atoms with Gasteiger partial charge in [-0.3, -0.25) is 4.79 Å². The third-order valence-electron chi connectivity index (χ3n) is 4.03. The number of aliphatic hydroxyl groups is 1. The number of hydrogen-bond donors (Lipinski definition) is 2. The van der Waals surface area contributed by atoms with Crippen molar-refractivity contribution in [2.24, 2.45) is 11.8 Å². The average Bonchev–Trinajstić information content (AvgIpc) is 2.48. The maximum absolute atomic E-state index is 12.0. The minimum atomic E-state index is 0.151. The van der Waals surface area contributed by atoms with E-state index in [2.05, 4.69) is 17.4 Å². The van der Waals surface area contributed by atoms with E-state index in [1.54, 1.807) is 0 Å². The van der Waals surface area contributed by atoms with E-state index >= 15 is 0 Å². The number of nitrogens with one attached hydrogen (secondary N) is 1. The average molecular weight is 261 g/mol. The summed E-state index contributed by atoms with van der Waals surface area (Å²) in [5.41, 5.74) is 1.26. The second-order valence-corrected chi connectivity index (χ2v) is 5.43. The van der Waals surface area contributed by atoms with E-state index in [-0.39, 0.29) is 18.4 Å². The monoisotopic (exact) mass is 261 g/mol. The van der Waals surface area contributed by atoms with Gasteiger partial charge in [0, 0.05) is 19.1 Å². The maximum atomic E-state index is 12.0. The third kappa shape index (κ3) is 4.35. The fourth-order valence-corrected chi connectivity index (χ4v) is 2.73. The summed E-state index contributed by atoms with van der Waals surface area (Å²) < 4.78 is 0. The Morgan fingerprint density at radius 2 is 1.84 bits per heavy atom. The minimum Gasteiger partial charge on any atom is -0.396 e. The zero-order valence-electron chi connectivity index (χ0n) is 11.3. The summed E-state index contributed by atoms with van der Waals surface area (Å²) in [6, 6.07) is 10.2. The molecule has 0 atom stereocenters. The lowest BCUT2D eigenvalue weighted by atomic mass is 9.82. The Hall–Kier alpha value is -1.35. The van der Waals surface area contributed by atoms with Gasteiger partial charge >= 0.3 is 0 Å². The van der Waals surface area contributed by atoms with Gasteiger partial charge in [0.05, 0.1) is 0 Å². The van der Waals surface area contributed by atoms with Gasteiger partial charge in [-0.05, 0) is 43.6 Å². The number of rotatable bonds is 5. The van der Waals surface area contributed by atoms with Gasteiger partial charge in [-0.2, -0.15) is 0 Å². The molecule has 3 heteroatoms. The number of carbonyl (C=O) groups is 1. The molecule has 2 N–H and O–H groups in total. The van der Waals surface area contributed by atoms with Crippen LogP contribution in [0, 0.1) is 11.8 Å². The summed E-state index contributed by atoms with van der Waals surface area (Å²) in [6.45, 7) is 0.977. The lowest BCUT2D eigenvalue weighted by Crippen LogP contribution is -2.34. The van der Waals surface area contributed by atoms with E-state index in [1.165, 1.54) is 5.56 Å². The predicted molar refractivity (Wildman–Crippen MR) is 75.7 cm³/mol. The van der Waals surface area contributed by atoms with Crippen molar-refractivity contribution in [3.05, 3.63) is 35.9 Å². The number of amides is 1. The standard InChI is InChI=1S/C16H23NO2/c18-12-14-6-8-15(9-7-14)16(19)17-11-10-13-4-2-1-3-5-13/h1-5,14-15,18H,6-12H2,(H,17,19). The van der Waals surface area contributed by atoms with E-state index in [1.807, 2.05) is 18.2 Å². The number of carbonyl (C=O) groups excluding carboxylic acids is 1. The number of benzene rings is 1. The second-order valence-electron chi connectivity index (χ2n) is 5.43. The van der Waals surface area contributed by atoms with Crippen LogP contribution in [0.4, 0.5) is 0 Å². The molecule has 0 spiro atoms. The Labute approximate surface area is 115 Å². The van der Waals surface area contributed by atoms with Gasteiger partial charge in [0.25, 0.3) is 0 Å². The quantitative estimate of drug-likeness (QED) is 0.853. The van der Waals surface area contributed by atoms with Crippen LogP contribution in [0.2, 0.25) is 0 Å². The van der Waals surface area contributed by atoms with Gasteiger partial charge in [0.2, 0.25) is 5.91 Å². The van der Waals surface area contributed by atoms with Gasteiger partial charge in [-0.25, -0.2) is 0 Å². The normalized spacial score (nSPS) is 23.0. The van der Waals surface area contributed by atoms with Crippen LogP contribution in [0.1, 0.15) is 31.2 Å². The van der Waals surface area contributed by atoms with Crippen LogP contribution < -0.4 is 5.32 Å². The third-order valence-corrected chi connectivity index (χ3v) is 4.03. The van der Waals surface area contributed by atoms with Crippen LogP contribution in [0.5, 0.6) is 0 Å². The molecular formula is C16H23NO2. The second kappa shape index (κ2) is 7.29. The zero-order chi connectivity index (χ0) is 13.5. The van der Waals surface area contributed by atoms with E-state index in [9.17, 15) is 4.79 Å². The Morgan fingerprint density at radius 3 is 2.47 bits per heavy atom. The lowest BCUT2D eigenvalue weighted by molar-refractivity contribution is -0.126. The van der Waals surface area contributed by atoms with Crippen molar-refractivity contribution in [3.8, 4) is 0 Å². The fraction of sp³-hybridized carbons (Fsp3) is 0.562. The maximum Gasteiger partial charge on any atom is 0.223 e. The van der Waals surface area contributed by atoms with Crippen molar-refractivity contribution < 1.29 is 9.90 Å². The van der Waals surface area contributed by atoms with Gasteiger partial charge in [0.1, 0.15) is 0 Å². The molecule has 1 aromatic rings. The van der Waals surface area contributed by atoms with Crippen molar-refractivity contribution in [3.63, 3.8) is 0 Å². The molecule has 0 bridgehead atoms. The topological polar surface area (TPSA) is 49.3 Å². The van der Waals surface area contributed by atoms with Gasteiger partial charge in [-0.1, -0.05) is 30.3 Å². The molecule has 1 aliphatic carbocycles. The van der Waals surface area contributed by atoms with Crippen molar-refractivity contribution >= 4 is 5.91 Å². The molecule has 1 fully saturated rings. The number of hydrogen-bond acceptors (Lipinski definition) is 2. The molecule has 0 aliphatic heterocycles. The Balaban J connectivity index is 1.67. The molecule has 104 valence electrons. The molecular weight excluding hydrogens is 238 g/mol. The lowest BCUT2D eigenvalue weighted by Gasteiger charge is -2.26. The Kier molecular flexibility index (Phi) is 5.40. The first-order valence-electron chi connectivity index (χ1n) is 7.22. The summed E-state index contributed by atoms with van der Waals surface area (Å²) in [5, 5.41) is 12.1. The van der Waals surface area contributed by atoms with Crippen LogP contribution in [-0.4, -0.2) is 24.2 Å². The molecule has 0 saturated heterocycles. The zero-order valence-corrected chi connectivity index (χ0v) is 11.3. The Bertz CT molecular complexity index is 383. The summed E-state index contributed by atoms with van der Waals surface area (Å²) in [4.78, 5) is 12.0. The van der Waals surface area contributed by atoms with Crippen LogP contribution in [0.3, 0.4) is 0 Å². The van der Waals surface area contributed by atoms with Gasteiger partial charge < -0.3 is 10.4 Å². The van der Waals surface area contributed by atoms with Gasteiger partial charge in [-0.15, -0.1) is 0 Å². The van der Waals surface area contributed by atoms with E-state index in [0.717, 1.165) is 32.1 Å². The Morgan fingerprint density at radius 1 is 1.16 bits per heavy atom. The van der Waals surface area contributed by atoms with Crippen molar-refractivity contribution in [2.75, 3.05) is 13.2 Å². The smallest absolute Gasteiger partial charge is 0.223 e. The molecule has 0 heterocycles. The minimum absolute atomic E-state index is 0.151. The van der Waals surface area contributed by atoms with Crippen LogP contribution >= 0.6 is 0 Å². The molecule has 0 radical (unpaired) electrons. The van der Waals surface area contributed by atoms with Crippen LogP contribution in [0.25, 0.3) is 0 Å². The summed E-state index contributed by atoms with van der Waals surface area (Å²) >= 11 is 0. The molecule has 19 heavy (non-hydrogen) atoms. The predicted octanol–water partition coefficient (Wildman–Crippen LogP) is 2.14. The first-order chi connectivity index (χ1) is 9.29. The van der Waals surface area contributed by atoms with Crippen LogP contribution in [-0.2, 0) is 11.2 Å². The highest BCUT2D eigenvalue weighted by atomic mass is 16.3. The van der Waals surface area contributed by atoms with Gasteiger partial charge in [0.15, 0.2) is 0 Å².